The molecule has 2 aromatic rings. The first-order valence-electron chi connectivity index (χ1n) is 5.54. The van der Waals surface area contributed by atoms with Gasteiger partial charge < -0.3 is 5.11 Å². The molecule has 2 rings (SSSR count). The number of tetrazole rings is 1. The van der Waals surface area contributed by atoms with Crippen molar-refractivity contribution in [1.29, 1.82) is 0 Å². The molecule has 0 unspecified atom stereocenters. The van der Waals surface area contributed by atoms with Gasteiger partial charge in [0.1, 0.15) is 6.33 Å². The van der Waals surface area contributed by atoms with Crippen LogP contribution in [0.4, 0.5) is 0 Å². The van der Waals surface area contributed by atoms with Crippen LogP contribution in [0, 0.1) is 0 Å². The van der Waals surface area contributed by atoms with E-state index in [1.807, 2.05) is 0 Å². The highest BCUT2D eigenvalue weighted by Gasteiger charge is 2.14. The van der Waals surface area contributed by atoms with E-state index in [2.05, 4.69) is 20.2 Å². The van der Waals surface area contributed by atoms with Gasteiger partial charge in [-0.1, -0.05) is 0 Å². The van der Waals surface area contributed by atoms with E-state index in [0.717, 1.165) is 0 Å². The second-order valence-corrected chi connectivity index (χ2v) is 5.56. The van der Waals surface area contributed by atoms with Crippen molar-refractivity contribution in [3.8, 4) is 5.69 Å². The lowest BCUT2D eigenvalue weighted by atomic mass is 10.3. The summed E-state index contributed by atoms with van der Waals surface area (Å²) in [5, 5.41) is 19.1. The number of benzene rings is 1. The minimum atomic E-state index is -3.72. The van der Waals surface area contributed by atoms with Crippen LogP contribution in [-0.4, -0.2) is 46.2 Å². The van der Waals surface area contributed by atoms with Gasteiger partial charge in [-0.3, -0.25) is 4.79 Å². The van der Waals surface area contributed by atoms with Crippen molar-refractivity contribution >= 4 is 16.0 Å². The predicted molar refractivity (Wildman–Crippen MR) is 66.6 cm³/mol. The van der Waals surface area contributed by atoms with Gasteiger partial charge in [-0.05, 0) is 34.7 Å². The van der Waals surface area contributed by atoms with E-state index in [1.165, 1.54) is 23.1 Å². The number of sulfonamides is 1. The van der Waals surface area contributed by atoms with Crippen LogP contribution in [0.3, 0.4) is 0 Å². The van der Waals surface area contributed by atoms with Crippen LogP contribution in [0.2, 0.25) is 0 Å². The van der Waals surface area contributed by atoms with Crippen molar-refractivity contribution in [2.45, 2.75) is 11.3 Å². The number of carboxylic acids is 1. The summed E-state index contributed by atoms with van der Waals surface area (Å²) in [5.41, 5.74) is 0.611. The van der Waals surface area contributed by atoms with E-state index in [1.54, 1.807) is 12.1 Å². The van der Waals surface area contributed by atoms with E-state index < -0.39 is 16.0 Å². The Morgan fingerprint density at radius 1 is 1.30 bits per heavy atom. The van der Waals surface area contributed by atoms with Gasteiger partial charge in [-0.15, -0.1) is 5.10 Å². The van der Waals surface area contributed by atoms with E-state index in [-0.39, 0.29) is 17.9 Å². The normalized spacial score (nSPS) is 11.4. The molecule has 1 heterocycles. The minimum absolute atomic E-state index is 0.0414. The standard InChI is InChI=1S/C10H11N5O4S/c16-10(17)5-6-12-20(18,19)9-3-1-8(2-4-9)15-7-11-13-14-15/h1-4,7,12H,5-6H2,(H,16,17). The van der Waals surface area contributed by atoms with Crippen molar-refractivity contribution in [2.24, 2.45) is 0 Å². The zero-order valence-electron chi connectivity index (χ0n) is 10.2. The first kappa shape index (κ1) is 14.1. The van der Waals surface area contributed by atoms with E-state index in [0.29, 0.717) is 5.69 Å². The van der Waals surface area contributed by atoms with E-state index in [9.17, 15) is 13.2 Å². The van der Waals surface area contributed by atoms with Crippen LogP contribution in [0.15, 0.2) is 35.5 Å². The Balaban J connectivity index is 2.11. The maximum atomic E-state index is 11.9. The summed E-state index contributed by atoms with van der Waals surface area (Å²) in [6, 6.07) is 5.87. The van der Waals surface area contributed by atoms with Gasteiger partial charge in [0.15, 0.2) is 0 Å². The number of nitrogens with one attached hydrogen (secondary N) is 1. The topological polar surface area (TPSA) is 127 Å². The molecule has 0 amide bonds. The molecule has 0 aliphatic rings. The average Bonchev–Trinajstić information content (AvgIpc) is 2.92. The van der Waals surface area contributed by atoms with Crippen molar-refractivity contribution in [3.63, 3.8) is 0 Å². The molecule has 0 radical (unpaired) electrons. The average molecular weight is 297 g/mol. The predicted octanol–water partition coefficient (Wildman–Crippen LogP) is -0.585. The molecule has 10 heteroatoms. The Morgan fingerprint density at radius 2 is 2.00 bits per heavy atom. The van der Waals surface area contributed by atoms with Gasteiger partial charge in [0.25, 0.3) is 0 Å². The van der Waals surface area contributed by atoms with Gasteiger partial charge in [0.2, 0.25) is 10.0 Å². The van der Waals surface area contributed by atoms with E-state index >= 15 is 0 Å². The van der Waals surface area contributed by atoms with Gasteiger partial charge in [0.05, 0.1) is 17.0 Å². The first-order valence-corrected chi connectivity index (χ1v) is 7.02. The third kappa shape index (κ3) is 3.36. The zero-order chi connectivity index (χ0) is 14.6. The summed E-state index contributed by atoms with van der Waals surface area (Å²) in [6.07, 6.45) is 1.11. The molecule has 0 aliphatic carbocycles. The third-order valence-corrected chi connectivity index (χ3v) is 3.87. The number of aromatic nitrogens is 4. The maximum absolute atomic E-state index is 11.9. The molecule has 0 aliphatic heterocycles. The molecule has 1 aromatic carbocycles. The second kappa shape index (κ2) is 5.75. The number of aliphatic carboxylic acids is 1. The maximum Gasteiger partial charge on any atom is 0.304 e. The molecule has 1 aromatic heterocycles. The fraction of sp³-hybridized carbons (Fsp3) is 0.200. The van der Waals surface area contributed by atoms with Gasteiger partial charge >= 0.3 is 5.97 Å². The number of hydrogen-bond donors (Lipinski definition) is 2. The zero-order valence-corrected chi connectivity index (χ0v) is 11.0. The molecule has 0 fully saturated rings. The molecule has 9 nitrogen and oxygen atoms in total. The summed E-state index contributed by atoms with van der Waals surface area (Å²) < 4.78 is 27.3. The Labute approximate surface area is 114 Å². The summed E-state index contributed by atoms with van der Waals surface area (Å²) in [5.74, 6) is -1.07. The second-order valence-electron chi connectivity index (χ2n) is 3.79. The van der Waals surface area contributed by atoms with Crippen molar-refractivity contribution in [2.75, 3.05) is 6.54 Å². The summed E-state index contributed by atoms with van der Waals surface area (Å²) in [6.45, 7) is -0.160. The number of hydrogen-bond acceptors (Lipinski definition) is 6. The molecular weight excluding hydrogens is 286 g/mol. The highest BCUT2D eigenvalue weighted by atomic mass is 32.2. The Kier molecular flexibility index (Phi) is 4.05. The number of nitrogens with zero attached hydrogens (tertiary/aromatic N) is 4. The van der Waals surface area contributed by atoms with Gasteiger partial charge in [-0.25, -0.2) is 17.8 Å². The van der Waals surface area contributed by atoms with Crippen molar-refractivity contribution < 1.29 is 18.3 Å². The lowest BCUT2D eigenvalue weighted by Crippen LogP contribution is -2.26. The number of carboxylic acid groups (broad SMARTS) is 1. The molecule has 20 heavy (non-hydrogen) atoms. The lowest BCUT2D eigenvalue weighted by molar-refractivity contribution is -0.136. The van der Waals surface area contributed by atoms with Crippen LogP contribution in [0.25, 0.3) is 5.69 Å². The largest absolute Gasteiger partial charge is 0.481 e. The third-order valence-electron chi connectivity index (χ3n) is 2.39. The summed E-state index contributed by atoms with van der Waals surface area (Å²) in [4.78, 5) is 10.4. The SMILES string of the molecule is O=C(O)CCNS(=O)(=O)c1ccc(-n2cnnn2)cc1. The van der Waals surface area contributed by atoms with Crippen LogP contribution in [-0.2, 0) is 14.8 Å². The van der Waals surface area contributed by atoms with Gasteiger partial charge in [-0.2, -0.15) is 0 Å². The van der Waals surface area contributed by atoms with Crippen molar-refractivity contribution in [1.82, 2.24) is 24.9 Å². The molecule has 0 saturated heterocycles. The molecule has 0 bridgehead atoms. The summed E-state index contributed by atoms with van der Waals surface area (Å²) in [7, 11) is -3.72. The monoisotopic (exact) mass is 297 g/mol. The smallest absolute Gasteiger partial charge is 0.304 e. The summed E-state index contributed by atoms with van der Waals surface area (Å²) >= 11 is 0. The Bertz CT molecular complexity index is 681. The van der Waals surface area contributed by atoms with Crippen LogP contribution >= 0.6 is 0 Å². The fourth-order valence-electron chi connectivity index (χ4n) is 1.43. The number of rotatable bonds is 6. The van der Waals surface area contributed by atoms with Crippen LogP contribution in [0.5, 0.6) is 0 Å². The molecule has 0 atom stereocenters. The number of carbonyl (C=O) groups is 1. The minimum Gasteiger partial charge on any atom is -0.481 e. The highest BCUT2D eigenvalue weighted by Crippen LogP contribution is 2.12. The molecule has 2 N–H and O–H groups in total. The fourth-order valence-corrected chi connectivity index (χ4v) is 2.47. The Morgan fingerprint density at radius 3 is 2.55 bits per heavy atom. The Hall–Kier alpha value is -2.33. The first-order chi connectivity index (χ1) is 9.49. The molecular formula is C10H11N5O4S. The molecule has 0 saturated carbocycles. The van der Waals surface area contributed by atoms with E-state index in [4.69, 9.17) is 5.11 Å². The lowest BCUT2D eigenvalue weighted by Gasteiger charge is -2.06. The van der Waals surface area contributed by atoms with Crippen LogP contribution in [0.1, 0.15) is 6.42 Å². The molecule has 106 valence electrons. The van der Waals surface area contributed by atoms with Crippen LogP contribution < -0.4 is 4.72 Å². The van der Waals surface area contributed by atoms with Gasteiger partial charge in [0, 0.05) is 6.54 Å². The molecule has 0 spiro atoms. The quantitative estimate of drug-likeness (QED) is 0.729. The highest BCUT2D eigenvalue weighted by molar-refractivity contribution is 7.89. The van der Waals surface area contributed by atoms with Crippen molar-refractivity contribution in [3.05, 3.63) is 30.6 Å².